The second kappa shape index (κ2) is 4.94. The summed E-state index contributed by atoms with van der Waals surface area (Å²) < 4.78 is 24.6. The number of hydrogen-bond acceptors (Lipinski definition) is 4. The van der Waals surface area contributed by atoms with Gasteiger partial charge in [-0.1, -0.05) is 24.3 Å². The first-order valence-electron chi connectivity index (χ1n) is 5.78. The number of aromatic nitrogens is 3. The van der Waals surface area contributed by atoms with Crippen molar-refractivity contribution in [1.29, 1.82) is 0 Å². The van der Waals surface area contributed by atoms with Gasteiger partial charge in [-0.15, -0.1) is 10.2 Å². The minimum Gasteiger partial charge on any atom is -0.294 e. The predicted molar refractivity (Wildman–Crippen MR) is 73.6 cm³/mol. The molecule has 102 valence electrons. The van der Waals surface area contributed by atoms with E-state index in [1.165, 1.54) is 4.57 Å². The van der Waals surface area contributed by atoms with Crippen molar-refractivity contribution in [3.05, 3.63) is 29.8 Å². The van der Waals surface area contributed by atoms with Gasteiger partial charge in [0, 0.05) is 22.3 Å². The summed E-state index contributed by atoms with van der Waals surface area (Å²) in [6.45, 7) is 5.65. The van der Waals surface area contributed by atoms with Gasteiger partial charge in [0.05, 0.1) is 0 Å². The maximum Gasteiger partial charge on any atom is 0.296 e. The Balaban J connectivity index is 2.74. The van der Waals surface area contributed by atoms with E-state index in [4.69, 9.17) is 10.7 Å². The molecule has 0 saturated heterocycles. The van der Waals surface area contributed by atoms with Crippen LogP contribution in [-0.4, -0.2) is 23.2 Å². The highest BCUT2D eigenvalue weighted by molar-refractivity contribution is 8.13. The molecule has 0 atom stereocenters. The zero-order valence-electron chi connectivity index (χ0n) is 10.8. The van der Waals surface area contributed by atoms with Crippen LogP contribution in [0.5, 0.6) is 0 Å². The quantitative estimate of drug-likeness (QED) is 0.817. The average molecular weight is 300 g/mol. The van der Waals surface area contributed by atoms with Crippen LogP contribution in [0.1, 0.15) is 25.5 Å². The van der Waals surface area contributed by atoms with Gasteiger partial charge in [0.2, 0.25) is 0 Å². The molecule has 0 radical (unpaired) electrons. The molecule has 0 amide bonds. The zero-order chi connectivity index (χ0) is 14.2. The van der Waals surface area contributed by atoms with Crippen LogP contribution in [0.2, 0.25) is 0 Å². The second-order valence-corrected chi connectivity index (χ2v) is 6.98. The molecule has 0 aliphatic carbocycles. The van der Waals surface area contributed by atoms with E-state index in [2.05, 4.69) is 10.2 Å². The van der Waals surface area contributed by atoms with Gasteiger partial charge in [-0.2, -0.15) is 0 Å². The van der Waals surface area contributed by atoms with Gasteiger partial charge >= 0.3 is 0 Å². The van der Waals surface area contributed by atoms with Crippen molar-refractivity contribution in [2.75, 3.05) is 0 Å². The molecule has 19 heavy (non-hydrogen) atoms. The summed E-state index contributed by atoms with van der Waals surface area (Å²) in [5, 5.41) is 7.48. The van der Waals surface area contributed by atoms with Crippen molar-refractivity contribution in [1.82, 2.24) is 14.8 Å². The lowest BCUT2D eigenvalue weighted by Crippen LogP contribution is -2.10. The number of benzene rings is 1. The molecule has 5 nitrogen and oxygen atoms in total. The molecule has 0 spiro atoms. The molecular weight excluding hydrogens is 286 g/mol. The summed E-state index contributed by atoms with van der Waals surface area (Å²) in [6, 6.07) is 7.48. The molecule has 0 unspecified atom stereocenters. The highest BCUT2D eigenvalue weighted by Gasteiger charge is 2.25. The van der Waals surface area contributed by atoms with Crippen molar-refractivity contribution >= 4 is 19.7 Å². The fourth-order valence-electron chi connectivity index (χ4n) is 1.92. The SMILES string of the molecule is Cc1ccccc1-c1nnc(S(=O)(=O)Cl)n1C(C)C. The molecule has 0 aliphatic rings. The summed E-state index contributed by atoms with van der Waals surface area (Å²) in [5.41, 5.74) is 1.84. The van der Waals surface area contributed by atoms with E-state index >= 15 is 0 Å². The van der Waals surface area contributed by atoms with Crippen molar-refractivity contribution in [3.8, 4) is 11.4 Å². The molecule has 0 fully saturated rings. The highest BCUT2D eigenvalue weighted by atomic mass is 35.7. The fourth-order valence-corrected chi connectivity index (χ4v) is 2.90. The minimum atomic E-state index is -3.92. The summed E-state index contributed by atoms with van der Waals surface area (Å²) in [7, 11) is 1.48. The van der Waals surface area contributed by atoms with Crippen LogP contribution in [0, 0.1) is 6.92 Å². The molecular formula is C12H14ClN3O2S. The summed E-state index contributed by atoms with van der Waals surface area (Å²) in [6.07, 6.45) is 0. The average Bonchev–Trinajstić information content (AvgIpc) is 2.73. The van der Waals surface area contributed by atoms with E-state index in [1.54, 1.807) is 0 Å². The van der Waals surface area contributed by atoms with Gasteiger partial charge in [0.25, 0.3) is 14.2 Å². The monoisotopic (exact) mass is 299 g/mol. The molecule has 1 aromatic heterocycles. The Bertz CT molecular complexity index is 708. The van der Waals surface area contributed by atoms with E-state index in [0.717, 1.165) is 11.1 Å². The number of hydrogen-bond donors (Lipinski definition) is 0. The molecule has 2 aromatic rings. The summed E-state index contributed by atoms with van der Waals surface area (Å²) >= 11 is 0. The normalized spacial score (nSPS) is 12.1. The van der Waals surface area contributed by atoms with Crippen molar-refractivity contribution in [3.63, 3.8) is 0 Å². The highest BCUT2D eigenvalue weighted by Crippen LogP contribution is 2.27. The largest absolute Gasteiger partial charge is 0.296 e. The lowest BCUT2D eigenvalue weighted by molar-refractivity contribution is 0.530. The van der Waals surface area contributed by atoms with E-state index in [9.17, 15) is 8.42 Å². The molecule has 2 rings (SSSR count). The maximum absolute atomic E-state index is 11.5. The van der Waals surface area contributed by atoms with Gasteiger partial charge in [0.15, 0.2) is 5.82 Å². The van der Waals surface area contributed by atoms with E-state index < -0.39 is 9.05 Å². The first-order chi connectivity index (χ1) is 8.82. The third-order valence-corrected chi connectivity index (χ3v) is 3.91. The smallest absolute Gasteiger partial charge is 0.294 e. The second-order valence-electron chi connectivity index (χ2n) is 4.52. The van der Waals surface area contributed by atoms with E-state index in [1.807, 2.05) is 45.0 Å². The number of aryl methyl sites for hydroxylation is 1. The number of nitrogens with zero attached hydrogens (tertiary/aromatic N) is 3. The molecule has 0 N–H and O–H groups in total. The summed E-state index contributed by atoms with van der Waals surface area (Å²) in [4.78, 5) is 0. The third-order valence-electron chi connectivity index (χ3n) is 2.78. The third kappa shape index (κ3) is 2.64. The van der Waals surface area contributed by atoms with Gasteiger partial charge in [-0.3, -0.25) is 4.57 Å². The van der Waals surface area contributed by atoms with Crippen LogP contribution in [0.25, 0.3) is 11.4 Å². The van der Waals surface area contributed by atoms with Crippen LogP contribution in [0.15, 0.2) is 29.4 Å². The lowest BCUT2D eigenvalue weighted by atomic mass is 10.1. The predicted octanol–water partition coefficient (Wildman–Crippen LogP) is 2.76. The number of rotatable bonds is 3. The van der Waals surface area contributed by atoms with Crippen LogP contribution in [-0.2, 0) is 9.05 Å². The van der Waals surface area contributed by atoms with Gasteiger partial charge in [-0.25, -0.2) is 8.42 Å². The Morgan fingerprint density at radius 2 is 1.84 bits per heavy atom. The Hall–Kier alpha value is -1.40. The Morgan fingerprint density at radius 3 is 2.37 bits per heavy atom. The van der Waals surface area contributed by atoms with Crippen molar-refractivity contribution < 1.29 is 8.42 Å². The van der Waals surface area contributed by atoms with E-state index in [-0.39, 0.29) is 11.2 Å². The van der Waals surface area contributed by atoms with Crippen molar-refractivity contribution in [2.24, 2.45) is 0 Å². The van der Waals surface area contributed by atoms with Crippen LogP contribution < -0.4 is 0 Å². The Labute approximate surface area is 116 Å². The van der Waals surface area contributed by atoms with Crippen LogP contribution in [0.3, 0.4) is 0 Å². The van der Waals surface area contributed by atoms with Gasteiger partial charge in [-0.05, 0) is 26.3 Å². The van der Waals surface area contributed by atoms with Crippen LogP contribution >= 0.6 is 10.7 Å². The Kier molecular flexibility index (Phi) is 3.64. The molecule has 7 heteroatoms. The summed E-state index contributed by atoms with van der Waals surface area (Å²) in [5.74, 6) is 0.507. The maximum atomic E-state index is 11.5. The minimum absolute atomic E-state index is 0.117. The molecule has 0 saturated carbocycles. The standard InChI is InChI=1S/C12H14ClN3O2S/c1-8(2)16-11(10-7-5-4-6-9(10)3)14-15-12(16)19(13,17)18/h4-8H,1-3H3. The number of halogens is 1. The van der Waals surface area contributed by atoms with Crippen molar-refractivity contribution in [2.45, 2.75) is 32.0 Å². The molecule has 0 bridgehead atoms. The van der Waals surface area contributed by atoms with Crippen LogP contribution in [0.4, 0.5) is 0 Å². The topological polar surface area (TPSA) is 64.8 Å². The molecule has 0 aliphatic heterocycles. The zero-order valence-corrected chi connectivity index (χ0v) is 12.4. The van der Waals surface area contributed by atoms with E-state index in [0.29, 0.717) is 5.82 Å². The first-order valence-corrected chi connectivity index (χ1v) is 8.09. The van der Waals surface area contributed by atoms with Gasteiger partial charge in [0.1, 0.15) is 0 Å². The molecule has 1 aromatic carbocycles. The fraction of sp³-hybridized carbons (Fsp3) is 0.333. The Morgan fingerprint density at radius 1 is 1.21 bits per heavy atom. The lowest BCUT2D eigenvalue weighted by Gasteiger charge is -2.13. The molecule has 1 heterocycles. The van der Waals surface area contributed by atoms with Gasteiger partial charge < -0.3 is 0 Å². The first kappa shape index (κ1) is 14.0.